The van der Waals surface area contributed by atoms with Gasteiger partial charge in [0.05, 0.1) is 6.20 Å². The summed E-state index contributed by atoms with van der Waals surface area (Å²) in [6.07, 6.45) is 6.26. The lowest BCUT2D eigenvalue weighted by molar-refractivity contribution is 0.235. The molecule has 0 radical (unpaired) electrons. The molecule has 0 aromatic carbocycles. The van der Waals surface area contributed by atoms with Gasteiger partial charge in [0.25, 0.3) is 0 Å². The number of rotatable bonds is 6. The standard InChI is InChI=1S/C15H25N5O/c1-5-16-12-10-20-8-7-17-14(20)13(19-12)18-11(6-9-21)15(2,3)4/h7-8,10-11,16,21H,5-6,9H2,1-4H3,(H,18,19). The minimum absolute atomic E-state index is 0.0161. The Morgan fingerprint density at radius 3 is 2.76 bits per heavy atom. The number of hydrogen-bond donors (Lipinski definition) is 3. The molecule has 2 aromatic heterocycles. The van der Waals surface area contributed by atoms with Gasteiger partial charge in [0.2, 0.25) is 0 Å². The van der Waals surface area contributed by atoms with Gasteiger partial charge in [-0.1, -0.05) is 20.8 Å². The third-order valence-electron chi connectivity index (χ3n) is 3.51. The number of aliphatic hydroxyl groups excluding tert-OH is 1. The fourth-order valence-corrected chi connectivity index (χ4v) is 2.31. The van der Waals surface area contributed by atoms with E-state index in [1.165, 1.54) is 0 Å². The van der Waals surface area contributed by atoms with Crippen LogP contribution in [0.2, 0.25) is 0 Å². The van der Waals surface area contributed by atoms with Crippen molar-refractivity contribution < 1.29 is 5.11 Å². The first-order valence-corrected chi connectivity index (χ1v) is 7.40. The molecule has 21 heavy (non-hydrogen) atoms. The van der Waals surface area contributed by atoms with Gasteiger partial charge in [-0.05, 0) is 18.8 Å². The smallest absolute Gasteiger partial charge is 0.180 e. The Morgan fingerprint density at radius 2 is 2.14 bits per heavy atom. The van der Waals surface area contributed by atoms with Crippen LogP contribution in [0, 0.1) is 5.41 Å². The van der Waals surface area contributed by atoms with Gasteiger partial charge < -0.3 is 20.1 Å². The SMILES string of the molecule is CCNc1cn2ccnc2c(NC(CCO)C(C)(C)C)n1. The van der Waals surface area contributed by atoms with E-state index in [9.17, 15) is 5.11 Å². The highest BCUT2D eigenvalue weighted by molar-refractivity contribution is 5.65. The summed E-state index contributed by atoms with van der Waals surface area (Å²) in [5.41, 5.74) is 0.811. The monoisotopic (exact) mass is 291 g/mol. The molecule has 0 aliphatic heterocycles. The molecule has 0 fully saturated rings. The summed E-state index contributed by atoms with van der Waals surface area (Å²) < 4.78 is 1.95. The second-order valence-corrected chi connectivity index (χ2v) is 6.24. The van der Waals surface area contributed by atoms with Crippen LogP contribution in [0.1, 0.15) is 34.1 Å². The summed E-state index contributed by atoms with van der Waals surface area (Å²) >= 11 is 0. The average Bonchev–Trinajstić information content (AvgIpc) is 2.86. The minimum Gasteiger partial charge on any atom is -0.396 e. The summed E-state index contributed by atoms with van der Waals surface area (Å²) in [6.45, 7) is 9.45. The molecule has 3 N–H and O–H groups in total. The van der Waals surface area contributed by atoms with Crippen LogP contribution in [0.3, 0.4) is 0 Å². The summed E-state index contributed by atoms with van der Waals surface area (Å²) in [5.74, 6) is 1.55. The summed E-state index contributed by atoms with van der Waals surface area (Å²) in [7, 11) is 0. The molecule has 2 rings (SSSR count). The maximum absolute atomic E-state index is 9.30. The lowest BCUT2D eigenvalue weighted by Gasteiger charge is -2.31. The van der Waals surface area contributed by atoms with Crippen molar-refractivity contribution in [2.75, 3.05) is 23.8 Å². The normalized spacial score (nSPS) is 13.4. The zero-order chi connectivity index (χ0) is 15.5. The Morgan fingerprint density at radius 1 is 1.38 bits per heavy atom. The van der Waals surface area contributed by atoms with Gasteiger partial charge >= 0.3 is 0 Å². The third-order valence-corrected chi connectivity index (χ3v) is 3.51. The van der Waals surface area contributed by atoms with Crippen molar-refractivity contribution in [2.45, 2.75) is 40.2 Å². The highest BCUT2D eigenvalue weighted by Crippen LogP contribution is 2.27. The van der Waals surface area contributed by atoms with Crippen LogP contribution in [0.4, 0.5) is 11.6 Å². The molecule has 1 unspecified atom stereocenters. The lowest BCUT2D eigenvalue weighted by atomic mass is 9.85. The zero-order valence-corrected chi connectivity index (χ0v) is 13.2. The Bertz CT molecular complexity index is 587. The molecule has 0 aliphatic carbocycles. The molecule has 2 heterocycles. The lowest BCUT2D eigenvalue weighted by Crippen LogP contribution is -2.35. The second kappa shape index (κ2) is 6.30. The van der Waals surface area contributed by atoms with E-state index in [1.54, 1.807) is 6.20 Å². The Hall–Kier alpha value is -1.82. The summed E-state index contributed by atoms with van der Waals surface area (Å²) in [5, 5.41) is 16.0. The predicted molar refractivity (Wildman–Crippen MR) is 85.7 cm³/mol. The number of hydrogen-bond acceptors (Lipinski definition) is 5. The predicted octanol–water partition coefficient (Wildman–Crippen LogP) is 2.37. The number of imidazole rings is 1. The first-order valence-electron chi connectivity index (χ1n) is 7.40. The fourth-order valence-electron chi connectivity index (χ4n) is 2.31. The number of anilines is 2. The number of fused-ring (bicyclic) bond motifs is 1. The van der Waals surface area contributed by atoms with Crippen LogP contribution in [-0.2, 0) is 0 Å². The Balaban J connectivity index is 2.36. The van der Waals surface area contributed by atoms with E-state index >= 15 is 0 Å². The molecule has 2 aromatic rings. The quantitative estimate of drug-likeness (QED) is 0.762. The van der Waals surface area contributed by atoms with Crippen LogP contribution in [0.5, 0.6) is 0 Å². The van der Waals surface area contributed by atoms with Crippen molar-refractivity contribution in [3.05, 3.63) is 18.6 Å². The van der Waals surface area contributed by atoms with Crippen LogP contribution in [0.25, 0.3) is 5.65 Å². The van der Waals surface area contributed by atoms with Crippen molar-refractivity contribution in [3.63, 3.8) is 0 Å². The maximum Gasteiger partial charge on any atom is 0.180 e. The van der Waals surface area contributed by atoms with E-state index in [-0.39, 0.29) is 18.1 Å². The van der Waals surface area contributed by atoms with E-state index in [0.29, 0.717) is 6.42 Å². The molecule has 1 atom stereocenters. The number of nitrogens with zero attached hydrogens (tertiary/aromatic N) is 3. The zero-order valence-electron chi connectivity index (χ0n) is 13.2. The number of nitrogens with one attached hydrogen (secondary N) is 2. The first-order chi connectivity index (χ1) is 9.95. The van der Waals surface area contributed by atoms with Crippen molar-refractivity contribution in [1.82, 2.24) is 14.4 Å². The van der Waals surface area contributed by atoms with E-state index in [1.807, 2.05) is 23.7 Å². The second-order valence-electron chi connectivity index (χ2n) is 6.24. The van der Waals surface area contributed by atoms with E-state index in [0.717, 1.165) is 23.8 Å². The van der Waals surface area contributed by atoms with Crippen LogP contribution >= 0.6 is 0 Å². The Labute approximate surface area is 125 Å². The molecule has 6 nitrogen and oxygen atoms in total. The van der Waals surface area contributed by atoms with Gasteiger partial charge in [-0.25, -0.2) is 9.97 Å². The van der Waals surface area contributed by atoms with Gasteiger partial charge in [0.1, 0.15) is 5.82 Å². The van der Waals surface area contributed by atoms with Crippen molar-refractivity contribution >= 4 is 17.3 Å². The molecule has 0 bridgehead atoms. The first kappa shape index (κ1) is 15.6. The van der Waals surface area contributed by atoms with Crippen molar-refractivity contribution in [2.24, 2.45) is 5.41 Å². The van der Waals surface area contributed by atoms with Gasteiger partial charge in [-0.15, -0.1) is 0 Å². The molecule has 0 aliphatic rings. The van der Waals surface area contributed by atoms with Crippen LogP contribution in [-0.4, -0.2) is 38.7 Å². The highest BCUT2D eigenvalue weighted by atomic mass is 16.3. The van der Waals surface area contributed by atoms with E-state index in [2.05, 4.69) is 41.4 Å². The number of aromatic nitrogens is 3. The van der Waals surface area contributed by atoms with E-state index < -0.39 is 0 Å². The maximum atomic E-state index is 9.30. The molecular formula is C15H25N5O. The van der Waals surface area contributed by atoms with Gasteiger partial charge in [0, 0.05) is 31.6 Å². The van der Waals surface area contributed by atoms with Crippen molar-refractivity contribution in [1.29, 1.82) is 0 Å². The van der Waals surface area contributed by atoms with Crippen LogP contribution < -0.4 is 10.6 Å². The Kier molecular flexibility index (Phi) is 4.67. The van der Waals surface area contributed by atoms with Gasteiger partial charge in [-0.2, -0.15) is 0 Å². The van der Waals surface area contributed by atoms with Crippen molar-refractivity contribution in [3.8, 4) is 0 Å². The molecule has 0 saturated carbocycles. The molecule has 116 valence electrons. The summed E-state index contributed by atoms with van der Waals surface area (Å²) in [4.78, 5) is 8.97. The molecule has 6 heteroatoms. The molecule has 0 spiro atoms. The third kappa shape index (κ3) is 3.64. The highest BCUT2D eigenvalue weighted by Gasteiger charge is 2.25. The topological polar surface area (TPSA) is 74.5 Å². The largest absolute Gasteiger partial charge is 0.396 e. The summed E-state index contributed by atoms with van der Waals surface area (Å²) in [6, 6.07) is 0.118. The van der Waals surface area contributed by atoms with Gasteiger partial charge in [0.15, 0.2) is 11.5 Å². The molecule has 0 amide bonds. The van der Waals surface area contributed by atoms with Crippen LogP contribution in [0.15, 0.2) is 18.6 Å². The molecular weight excluding hydrogens is 266 g/mol. The number of aliphatic hydroxyl groups is 1. The van der Waals surface area contributed by atoms with E-state index in [4.69, 9.17) is 0 Å². The molecule has 0 saturated heterocycles. The van der Waals surface area contributed by atoms with Gasteiger partial charge in [-0.3, -0.25) is 0 Å². The fraction of sp³-hybridized carbons (Fsp3) is 0.600. The minimum atomic E-state index is 0.0161. The average molecular weight is 291 g/mol.